The molecule has 0 aliphatic carbocycles. The van der Waals surface area contributed by atoms with Gasteiger partial charge in [-0.1, -0.05) is 24.3 Å². The minimum atomic E-state index is 0.144. The summed E-state index contributed by atoms with van der Waals surface area (Å²) in [5.74, 6) is 0.985. The van der Waals surface area contributed by atoms with E-state index in [0.29, 0.717) is 26.1 Å². The molecule has 0 radical (unpaired) electrons. The van der Waals surface area contributed by atoms with Gasteiger partial charge in [-0.2, -0.15) is 0 Å². The first-order chi connectivity index (χ1) is 12.2. The smallest absolute Gasteiger partial charge is 0.224 e. The maximum atomic E-state index is 12.8. The van der Waals surface area contributed by atoms with Gasteiger partial charge in [-0.3, -0.25) is 9.69 Å². The van der Waals surface area contributed by atoms with Gasteiger partial charge in [-0.15, -0.1) is 6.58 Å². The minimum absolute atomic E-state index is 0.144. The molecule has 0 spiro atoms. The highest BCUT2D eigenvalue weighted by Gasteiger charge is 2.22. The third-order valence-electron chi connectivity index (χ3n) is 4.47. The number of hydrogen-bond donors (Lipinski definition) is 0. The van der Waals surface area contributed by atoms with Gasteiger partial charge in [0, 0.05) is 44.2 Å². The Labute approximate surface area is 151 Å². The van der Waals surface area contributed by atoms with Crippen molar-refractivity contribution in [3.63, 3.8) is 0 Å². The molecule has 0 unspecified atom stereocenters. The molecule has 0 bridgehead atoms. The van der Waals surface area contributed by atoms with Crippen molar-refractivity contribution in [1.82, 2.24) is 9.80 Å². The molecule has 1 amide bonds. The van der Waals surface area contributed by atoms with Gasteiger partial charge in [0.1, 0.15) is 5.75 Å². The van der Waals surface area contributed by atoms with Crippen LogP contribution in [0.1, 0.15) is 25.8 Å². The van der Waals surface area contributed by atoms with Crippen LogP contribution in [0.5, 0.6) is 5.75 Å². The van der Waals surface area contributed by atoms with E-state index in [1.54, 1.807) is 6.08 Å². The molecule has 0 N–H and O–H groups in total. The summed E-state index contributed by atoms with van der Waals surface area (Å²) in [5.41, 5.74) is 1.03. The Hall–Kier alpha value is -1.85. The first-order valence-corrected chi connectivity index (χ1v) is 9.06. The van der Waals surface area contributed by atoms with Crippen molar-refractivity contribution >= 4 is 5.91 Å². The predicted octanol–water partition coefficient (Wildman–Crippen LogP) is 2.71. The number of rotatable bonds is 9. The third kappa shape index (κ3) is 5.87. The average Bonchev–Trinajstić information content (AvgIpc) is 2.63. The van der Waals surface area contributed by atoms with E-state index in [0.717, 1.165) is 37.6 Å². The fourth-order valence-electron chi connectivity index (χ4n) is 3.08. The second-order valence-electron chi connectivity index (χ2n) is 6.31. The van der Waals surface area contributed by atoms with Crippen LogP contribution in [0.2, 0.25) is 0 Å². The standard InChI is InChI=1S/C20H30N2O3/c1-4-10-22(16-18-8-6-7-9-19(18)25-5-2)20(23)15-17(3)21-11-13-24-14-12-21/h4,6-9,17H,1,5,10-16H2,2-3H3/t17-/m1/s1. The van der Waals surface area contributed by atoms with Crippen molar-refractivity contribution in [2.75, 3.05) is 39.5 Å². The van der Waals surface area contributed by atoms with Gasteiger partial charge in [-0.25, -0.2) is 0 Å². The van der Waals surface area contributed by atoms with Gasteiger partial charge < -0.3 is 14.4 Å². The Bertz CT molecular complexity index is 556. The number of carbonyl (C=O) groups is 1. The Kier molecular flexibility index (Phi) is 7.95. The van der Waals surface area contributed by atoms with Crippen molar-refractivity contribution in [1.29, 1.82) is 0 Å². The fraction of sp³-hybridized carbons (Fsp3) is 0.550. The minimum Gasteiger partial charge on any atom is -0.494 e. The molecule has 1 heterocycles. The van der Waals surface area contributed by atoms with Crippen LogP contribution in [0.15, 0.2) is 36.9 Å². The number of amides is 1. The van der Waals surface area contributed by atoms with Crippen molar-refractivity contribution in [3.05, 3.63) is 42.5 Å². The van der Waals surface area contributed by atoms with Crippen LogP contribution in [0.25, 0.3) is 0 Å². The van der Waals surface area contributed by atoms with Crippen molar-refractivity contribution < 1.29 is 14.3 Å². The summed E-state index contributed by atoms with van der Waals surface area (Å²) in [4.78, 5) is 17.0. The second-order valence-corrected chi connectivity index (χ2v) is 6.31. The molecule has 138 valence electrons. The zero-order chi connectivity index (χ0) is 18.1. The van der Waals surface area contributed by atoms with Crippen LogP contribution in [0, 0.1) is 0 Å². The summed E-state index contributed by atoms with van der Waals surface area (Å²) >= 11 is 0. The van der Waals surface area contributed by atoms with Crippen LogP contribution >= 0.6 is 0 Å². The van der Waals surface area contributed by atoms with Crippen LogP contribution in [0.4, 0.5) is 0 Å². The van der Waals surface area contributed by atoms with E-state index in [4.69, 9.17) is 9.47 Å². The monoisotopic (exact) mass is 346 g/mol. The van der Waals surface area contributed by atoms with E-state index in [1.807, 2.05) is 36.1 Å². The summed E-state index contributed by atoms with van der Waals surface area (Å²) in [6.07, 6.45) is 2.28. The maximum Gasteiger partial charge on any atom is 0.224 e. The molecule has 1 aliphatic heterocycles. The summed E-state index contributed by atoms with van der Waals surface area (Å²) in [6.45, 7) is 12.8. The van der Waals surface area contributed by atoms with Crippen molar-refractivity contribution in [3.8, 4) is 5.75 Å². The van der Waals surface area contributed by atoms with Crippen LogP contribution < -0.4 is 4.74 Å². The topological polar surface area (TPSA) is 42.0 Å². The Morgan fingerprint density at radius 2 is 2.12 bits per heavy atom. The summed E-state index contributed by atoms with van der Waals surface area (Å²) < 4.78 is 11.1. The van der Waals surface area contributed by atoms with Gasteiger partial charge in [0.25, 0.3) is 0 Å². The first-order valence-electron chi connectivity index (χ1n) is 9.06. The SMILES string of the molecule is C=CCN(Cc1ccccc1OCC)C(=O)C[C@@H](C)N1CCOCC1. The molecule has 1 aromatic rings. The molecule has 0 saturated carbocycles. The number of benzene rings is 1. The first kappa shape index (κ1) is 19.5. The van der Waals surface area contributed by atoms with E-state index in [-0.39, 0.29) is 11.9 Å². The third-order valence-corrected chi connectivity index (χ3v) is 4.47. The van der Waals surface area contributed by atoms with Crippen LogP contribution in [-0.4, -0.2) is 61.2 Å². The zero-order valence-corrected chi connectivity index (χ0v) is 15.4. The lowest BCUT2D eigenvalue weighted by atomic mass is 10.1. The Balaban J connectivity index is 2.01. The number of morpholine rings is 1. The molecule has 0 aromatic heterocycles. The molecule has 1 saturated heterocycles. The van der Waals surface area contributed by atoms with E-state index in [1.165, 1.54) is 0 Å². The molecule has 25 heavy (non-hydrogen) atoms. The van der Waals surface area contributed by atoms with E-state index in [2.05, 4.69) is 18.4 Å². The number of ether oxygens (including phenoxy) is 2. The largest absolute Gasteiger partial charge is 0.494 e. The highest BCUT2D eigenvalue weighted by molar-refractivity contribution is 5.77. The molecule has 2 rings (SSSR count). The van der Waals surface area contributed by atoms with Gasteiger partial charge in [0.15, 0.2) is 0 Å². The van der Waals surface area contributed by atoms with Gasteiger partial charge in [-0.05, 0) is 19.9 Å². The predicted molar refractivity (Wildman–Crippen MR) is 99.7 cm³/mol. The maximum absolute atomic E-state index is 12.8. The summed E-state index contributed by atoms with van der Waals surface area (Å²) in [6, 6.07) is 8.11. The van der Waals surface area contributed by atoms with Crippen molar-refractivity contribution in [2.24, 2.45) is 0 Å². The van der Waals surface area contributed by atoms with E-state index < -0.39 is 0 Å². The Morgan fingerprint density at radius 1 is 1.40 bits per heavy atom. The van der Waals surface area contributed by atoms with E-state index >= 15 is 0 Å². The molecule has 1 aliphatic rings. The number of carbonyl (C=O) groups excluding carboxylic acids is 1. The van der Waals surface area contributed by atoms with Gasteiger partial charge in [0.05, 0.1) is 19.8 Å². The van der Waals surface area contributed by atoms with Crippen molar-refractivity contribution in [2.45, 2.75) is 32.9 Å². The Morgan fingerprint density at radius 3 is 2.80 bits per heavy atom. The summed E-state index contributed by atoms with van der Waals surface area (Å²) in [5, 5.41) is 0. The molecule has 1 fully saturated rings. The number of nitrogens with zero attached hydrogens (tertiary/aromatic N) is 2. The normalized spacial score (nSPS) is 16.2. The molecule has 1 atom stereocenters. The summed E-state index contributed by atoms with van der Waals surface area (Å²) in [7, 11) is 0. The molecule has 5 heteroatoms. The zero-order valence-electron chi connectivity index (χ0n) is 15.4. The fourth-order valence-corrected chi connectivity index (χ4v) is 3.08. The van der Waals surface area contributed by atoms with Crippen LogP contribution in [0.3, 0.4) is 0 Å². The molecular weight excluding hydrogens is 316 g/mol. The number of para-hydroxylation sites is 1. The molecular formula is C20H30N2O3. The highest BCUT2D eigenvalue weighted by atomic mass is 16.5. The lowest BCUT2D eigenvalue weighted by molar-refractivity contribution is -0.132. The van der Waals surface area contributed by atoms with Gasteiger partial charge >= 0.3 is 0 Å². The highest BCUT2D eigenvalue weighted by Crippen LogP contribution is 2.21. The van der Waals surface area contributed by atoms with E-state index in [9.17, 15) is 4.79 Å². The lowest BCUT2D eigenvalue weighted by Gasteiger charge is -2.33. The lowest BCUT2D eigenvalue weighted by Crippen LogP contribution is -2.44. The average molecular weight is 346 g/mol. The van der Waals surface area contributed by atoms with Gasteiger partial charge in [0.2, 0.25) is 5.91 Å². The molecule has 5 nitrogen and oxygen atoms in total. The van der Waals surface area contributed by atoms with Crippen LogP contribution in [-0.2, 0) is 16.1 Å². The number of hydrogen-bond acceptors (Lipinski definition) is 4. The second kappa shape index (κ2) is 10.2. The quantitative estimate of drug-likeness (QED) is 0.645. The molecule has 1 aromatic carbocycles.